The predicted molar refractivity (Wildman–Crippen MR) is 123 cm³/mol. The van der Waals surface area contributed by atoms with Gasteiger partial charge in [0.2, 0.25) is 20.0 Å². The second kappa shape index (κ2) is 9.90. The van der Waals surface area contributed by atoms with Crippen LogP contribution in [0.25, 0.3) is 0 Å². The van der Waals surface area contributed by atoms with Gasteiger partial charge in [0.1, 0.15) is 0 Å². The average molecular weight is 494 g/mol. The molecule has 178 valence electrons. The Bertz CT molecular complexity index is 1170. The summed E-state index contributed by atoms with van der Waals surface area (Å²) in [6.07, 6.45) is 0. The molecule has 2 aliphatic heterocycles. The maximum Gasteiger partial charge on any atom is 0.253 e. The van der Waals surface area contributed by atoms with Crippen molar-refractivity contribution < 1.29 is 26.4 Å². The lowest BCUT2D eigenvalue weighted by Gasteiger charge is -2.34. The van der Waals surface area contributed by atoms with Gasteiger partial charge in [0.25, 0.3) is 5.91 Å². The minimum absolute atomic E-state index is 0.0686. The summed E-state index contributed by atoms with van der Waals surface area (Å²) < 4.78 is 58.9. The number of amides is 1. The van der Waals surface area contributed by atoms with Gasteiger partial charge in [-0.3, -0.25) is 4.79 Å². The zero-order valence-corrected chi connectivity index (χ0v) is 19.8. The third kappa shape index (κ3) is 5.44. The summed E-state index contributed by atoms with van der Waals surface area (Å²) in [4.78, 5) is 14.6. The Balaban J connectivity index is 1.37. The third-order valence-electron chi connectivity index (χ3n) is 5.82. The molecule has 0 spiro atoms. The topological polar surface area (TPSA) is 104 Å². The zero-order chi connectivity index (χ0) is 23.5. The van der Waals surface area contributed by atoms with E-state index < -0.39 is 20.0 Å². The van der Waals surface area contributed by atoms with Crippen molar-refractivity contribution in [1.29, 1.82) is 0 Å². The highest BCUT2D eigenvalue weighted by atomic mass is 32.2. The minimum Gasteiger partial charge on any atom is -0.379 e. The smallest absolute Gasteiger partial charge is 0.253 e. The molecule has 4 rings (SSSR count). The second-order valence-corrected chi connectivity index (χ2v) is 11.9. The van der Waals surface area contributed by atoms with E-state index >= 15 is 0 Å². The Labute approximate surface area is 194 Å². The van der Waals surface area contributed by atoms with E-state index in [1.165, 1.54) is 32.9 Å². The number of ether oxygens (including phenoxy) is 1. The predicted octanol–water partition coefficient (Wildman–Crippen LogP) is 0.995. The number of carbonyl (C=O) groups is 1. The molecule has 2 aromatic carbocycles. The van der Waals surface area contributed by atoms with Crippen LogP contribution in [0.3, 0.4) is 0 Å². The molecular formula is C22H27N3O6S2. The van der Waals surface area contributed by atoms with Crippen molar-refractivity contribution >= 4 is 26.0 Å². The highest BCUT2D eigenvalue weighted by Gasteiger charge is 2.30. The van der Waals surface area contributed by atoms with Gasteiger partial charge in [-0.25, -0.2) is 16.8 Å². The summed E-state index contributed by atoms with van der Waals surface area (Å²) in [5, 5.41) is 0. The van der Waals surface area contributed by atoms with E-state index in [-0.39, 0.29) is 42.7 Å². The van der Waals surface area contributed by atoms with Gasteiger partial charge in [-0.15, -0.1) is 0 Å². The minimum atomic E-state index is -3.62. The number of benzene rings is 2. The number of hydrogen-bond donors (Lipinski definition) is 0. The number of nitrogens with zero attached hydrogens (tertiary/aromatic N) is 3. The molecule has 2 aliphatic rings. The van der Waals surface area contributed by atoms with E-state index in [0.29, 0.717) is 31.9 Å². The van der Waals surface area contributed by atoms with Crippen LogP contribution in [0.2, 0.25) is 0 Å². The Morgan fingerprint density at radius 3 is 1.97 bits per heavy atom. The molecule has 0 unspecified atom stereocenters. The number of hydrogen-bond acceptors (Lipinski definition) is 6. The van der Waals surface area contributed by atoms with Crippen LogP contribution < -0.4 is 0 Å². The summed E-state index contributed by atoms with van der Waals surface area (Å²) in [5.41, 5.74) is 1.10. The SMILES string of the molecule is O=C(c1ccc(S(=O)(=O)N2CCOCC2)cc1)N1CCN(S(=O)(=O)Cc2ccccc2)CC1. The van der Waals surface area contributed by atoms with E-state index in [4.69, 9.17) is 4.74 Å². The number of morpholine rings is 1. The molecule has 2 aromatic rings. The molecule has 0 radical (unpaired) electrons. The van der Waals surface area contributed by atoms with Crippen LogP contribution in [0.4, 0.5) is 0 Å². The molecule has 0 aliphatic carbocycles. The van der Waals surface area contributed by atoms with Gasteiger partial charge >= 0.3 is 0 Å². The van der Waals surface area contributed by atoms with Crippen LogP contribution in [0.5, 0.6) is 0 Å². The number of sulfonamides is 2. The third-order valence-corrected chi connectivity index (χ3v) is 9.58. The molecule has 11 heteroatoms. The van der Waals surface area contributed by atoms with Gasteiger partial charge in [0, 0.05) is 44.8 Å². The zero-order valence-electron chi connectivity index (χ0n) is 18.2. The second-order valence-electron chi connectivity index (χ2n) is 7.97. The van der Waals surface area contributed by atoms with Crippen molar-refractivity contribution in [2.45, 2.75) is 10.6 Å². The van der Waals surface area contributed by atoms with E-state index in [1.54, 1.807) is 29.2 Å². The van der Waals surface area contributed by atoms with Crippen LogP contribution in [-0.4, -0.2) is 88.7 Å². The molecule has 0 aromatic heterocycles. The van der Waals surface area contributed by atoms with E-state index in [1.807, 2.05) is 6.07 Å². The van der Waals surface area contributed by atoms with Crippen LogP contribution in [0, 0.1) is 0 Å². The number of rotatable bonds is 6. The van der Waals surface area contributed by atoms with Crippen molar-refractivity contribution in [2.24, 2.45) is 0 Å². The molecule has 0 atom stereocenters. The molecule has 0 saturated carbocycles. The normalized spacial score (nSPS) is 18.8. The molecular weight excluding hydrogens is 466 g/mol. The molecule has 2 saturated heterocycles. The summed E-state index contributed by atoms with van der Waals surface area (Å²) in [7, 11) is -7.09. The maximum atomic E-state index is 12.9. The highest BCUT2D eigenvalue weighted by Crippen LogP contribution is 2.20. The van der Waals surface area contributed by atoms with Crippen LogP contribution in [0.1, 0.15) is 15.9 Å². The molecule has 0 bridgehead atoms. The largest absolute Gasteiger partial charge is 0.379 e. The fourth-order valence-corrected chi connectivity index (χ4v) is 6.86. The first-order valence-electron chi connectivity index (χ1n) is 10.8. The van der Waals surface area contributed by atoms with E-state index in [0.717, 1.165) is 5.56 Å². The first-order valence-corrected chi connectivity index (χ1v) is 13.8. The Kier molecular flexibility index (Phi) is 7.15. The van der Waals surface area contributed by atoms with E-state index in [9.17, 15) is 21.6 Å². The maximum absolute atomic E-state index is 12.9. The lowest BCUT2D eigenvalue weighted by molar-refractivity contribution is 0.0697. The fourth-order valence-electron chi connectivity index (χ4n) is 3.93. The van der Waals surface area contributed by atoms with Gasteiger partial charge in [0.05, 0.1) is 23.9 Å². The Morgan fingerprint density at radius 1 is 0.758 bits per heavy atom. The highest BCUT2D eigenvalue weighted by molar-refractivity contribution is 7.89. The molecule has 9 nitrogen and oxygen atoms in total. The average Bonchev–Trinajstić information content (AvgIpc) is 2.85. The summed E-state index contributed by atoms with van der Waals surface area (Å²) in [6, 6.07) is 14.9. The first-order chi connectivity index (χ1) is 15.8. The Hall–Kier alpha value is -2.31. The van der Waals surface area contributed by atoms with Gasteiger partial charge in [-0.1, -0.05) is 30.3 Å². The monoisotopic (exact) mass is 493 g/mol. The standard InChI is InChI=1S/C22H27N3O6S2/c26-22(20-6-8-21(9-7-20)33(29,30)25-14-16-31-17-15-25)23-10-12-24(13-11-23)32(27,28)18-19-4-2-1-3-5-19/h1-9H,10-18H2. The van der Waals surface area contributed by atoms with Crippen LogP contribution >= 0.6 is 0 Å². The fraction of sp³-hybridized carbons (Fsp3) is 0.409. The first kappa shape index (κ1) is 23.8. The van der Waals surface area contributed by atoms with Crippen LogP contribution in [-0.2, 0) is 30.5 Å². The molecule has 2 heterocycles. The molecule has 1 amide bonds. The lowest BCUT2D eigenvalue weighted by Crippen LogP contribution is -2.50. The van der Waals surface area contributed by atoms with Crippen LogP contribution in [0.15, 0.2) is 59.5 Å². The van der Waals surface area contributed by atoms with Crippen molar-refractivity contribution in [3.05, 3.63) is 65.7 Å². The number of carbonyl (C=O) groups excluding carboxylic acids is 1. The Morgan fingerprint density at radius 2 is 1.36 bits per heavy atom. The van der Waals surface area contributed by atoms with Crippen molar-refractivity contribution in [3.63, 3.8) is 0 Å². The summed E-state index contributed by atoms with van der Waals surface area (Å²) in [6.45, 7) is 2.35. The van der Waals surface area contributed by atoms with Crippen molar-refractivity contribution in [1.82, 2.24) is 13.5 Å². The quantitative estimate of drug-likeness (QED) is 0.595. The molecule has 2 fully saturated rings. The summed E-state index contributed by atoms with van der Waals surface area (Å²) >= 11 is 0. The van der Waals surface area contributed by atoms with Gasteiger partial charge in [-0.2, -0.15) is 8.61 Å². The molecule has 33 heavy (non-hydrogen) atoms. The number of piperazine rings is 1. The van der Waals surface area contributed by atoms with Crippen molar-refractivity contribution in [2.75, 3.05) is 52.5 Å². The van der Waals surface area contributed by atoms with Crippen molar-refractivity contribution in [3.8, 4) is 0 Å². The van der Waals surface area contributed by atoms with E-state index in [2.05, 4.69) is 0 Å². The summed E-state index contributed by atoms with van der Waals surface area (Å²) in [5.74, 6) is -0.314. The van der Waals surface area contributed by atoms with Gasteiger partial charge < -0.3 is 9.64 Å². The molecule has 0 N–H and O–H groups in total. The van der Waals surface area contributed by atoms with Gasteiger partial charge in [-0.05, 0) is 29.8 Å². The van der Waals surface area contributed by atoms with Gasteiger partial charge in [0.15, 0.2) is 0 Å². The lowest BCUT2D eigenvalue weighted by atomic mass is 10.2.